The molecule has 104 valence electrons. The van der Waals surface area contributed by atoms with Gasteiger partial charge in [0.05, 0.1) is 0 Å². The molecule has 0 aromatic rings. The first-order valence-corrected chi connectivity index (χ1v) is 7.72. The van der Waals surface area contributed by atoms with Crippen LogP contribution in [0.1, 0.15) is 19.3 Å². The summed E-state index contributed by atoms with van der Waals surface area (Å²) in [5.74, 6) is 0. The fourth-order valence-corrected chi connectivity index (χ4v) is 3.94. The first-order chi connectivity index (χ1) is 8.84. The Bertz CT molecular complexity index is 257. The second-order valence-electron chi connectivity index (χ2n) is 6.19. The van der Waals surface area contributed by atoms with Crippen LogP contribution in [0.3, 0.4) is 0 Å². The van der Waals surface area contributed by atoms with Gasteiger partial charge in [-0.2, -0.15) is 0 Å². The summed E-state index contributed by atoms with van der Waals surface area (Å²) in [4.78, 5) is 8.00. The van der Waals surface area contributed by atoms with Gasteiger partial charge in [0, 0.05) is 64.4 Å². The van der Waals surface area contributed by atoms with E-state index in [-0.39, 0.29) is 0 Å². The molecule has 0 aromatic carbocycles. The van der Waals surface area contributed by atoms with Crippen LogP contribution in [-0.2, 0) is 0 Å². The number of hydrogen-bond acceptors (Lipinski definition) is 4. The average Bonchev–Trinajstić information content (AvgIpc) is 2.90. The van der Waals surface area contributed by atoms with E-state index in [4.69, 9.17) is 0 Å². The van der Waals surface area contributed by atoms with Gasteiger partial charge in [-0.3, -0.25) is 9.80 Å². The number of piperazine rings is 2. The van der Waals surface area contributed by atoms with Crippen LogP contribution in [0.15, 0.2) is 0 Å². The quantitative estimate of drug-likeness (QED) is 0.750. The van der Waals surface area contributed by atoms with Gasteiger partial charge >= 0.3 is 0 Å². The van der Waals surface area contributed by atoms with Crippen molar-refractivity contribution in [3.8, 4) is 0 Å². The maximum Gasteiger partial charge on any atom is 0.0252 e. The van der Waals surface area contributed by atoms with Crippen molar-refractivity contribution in [3.63, 3.8) is 0 Å². The molecule has 1 N–H and O–H groups in total. The maximum absolute atomic E-state index is 3.48. The molecule has 0 unspecified atom stereocenters. The van der Waals surface area contributed by atoms with Gasteiger partial charge < -0.3 is 10.2 Å². The highest BCUT2D eigenvalue weighted by atomic mass is 15.3. The van der Waals surface area contributed by atoms with Gasteiger partial charge in [0.2, 0.25) is 0 Å². The molecule has 2 saturated heterocycles. The maximum atomic E-state index is 3.48. The van der Waals surface area contributed by atoms with Crippen LogP contribution in [0.2, 0.25) is 0 Å². The van der Waals surface area contributed by atoms with Gasteiger partial charge in [-0.25, -0.2) is 0 Å². The third-order valence-corrected chi connectivity index (χ3v) is 5.07. The molecule has 3 aliphatic rings. The minimum atomic E-state index is 0.843. The lowest BCUT2D eigenvalue weighted by atomic mass is 10.1. The van der Waals surface area contributed by atoms with E-state index in [9.17, 15) is 0 Å². The number of hydrogen-bond donors (Lipinski definition) is 1. The van der Waals surface area contributed by atoms with Crippen LogP contribution in [0.5, 0.6) is 0 Å². The van der Waals surface area contributed by atoms with Crippen molar-refractivity contribution in [3.05, 3.63) is 0 Å². The zero-order valence-corrected chi connectivity index (χ0v) is 11.8. The van der Waals surface area contributed by atoms with Crippen LogP contribution < -0.4 is 5.32 Å². The van der Waals surface area contributed by atoms with Crippen molar-refractivity contribution in [1.82, 2.24) is 20.0 Å². The molecule has 3 fully saturated rings. The summed E-state index contributed by atoms with van der Waals surface area (Å²) in [6, 6.07) is 1.69. The molecule has 2 heterocycles. The molecule has 4 heteroatoms. The summed E-state index contributed by atoms with van der Waals surface area (Å²) in [6.45, 7) is 9.96. The lowest BCUT2D eigenvalue weighted by Gasteiger charge is -2.43. The lowest BCUT2D eigenvalue weighted by Crippen LogP contribution is -2.57. The molecule has 0 amide bonds. The molecule has 0 radical (unpaired) electrons. The molecule has 2 atom stereocenters. The topological polar surface area (TPSA) is 21.8 Å². The van der Waals surface area contributed by atoms with Crippen molar-refractivity contribution in [2.24, 2.45) is 0 Å². The van der Waals surface area contributed by atoms with E-state index >= 15 is 0 Å². The first-order valence-electron chi connectivity index (χ1n) is 7.72. The Balaban J connectivity index is 1.59. The second-order valence-corrected chi connectivity index (χ2v) is 6.19. The first kappa shape index (κ1) is 12.9. The van der Waals surface area contributed by atoms with Crippen LogP contribution in [0.4, 0.5) is 0 Å². The SMILES string of the molecule is CN1CCN([C@@H]2CCC[C@@H]2N2CCNCC2)CC1. The summed E-state index contributed by atoms with van der Waals surface area (Å²) >= 11 is 0. The Hall–Kier alpha value is -0.160. The highest BCUT2D eigenvalue weighted by Gasteiger charge is 2.36. The van der Waals surface area contributed by atoms with Crippen molar-refractivity contribution in [2.45, 2.75) is 31.3 Å². The molecule has 1 aliphatic carbocycles. The number of likely N-dealkylation sites (N-methyl/N-ethyl adjacent to an activating group) is 1. The summed E-state index contributed by atoms with van der Waals surface area (Å²) in [5, 5.41) is 3.48. The molecule has 18 heavy (non-hydrogen) atoms. The van der Waals surface area contributed by atoms with Crippen LogP contribution in [0, 0.1) is 0 Å². The Labute approximate surface area is 111 Å². The van der Waals surface area contributed by atoms with E-state index in [0.717, 1.165) is 12.1 Å². The largest absolute Gasteiger partial charge is 0.314 e. The van der Waals surface area contributed by atoms with Gasteiger partial charge in [0.25, 0.3) is 0 Å². The Morgan fingerprint density at radius 2 is 1.33 bits per heavy atom. The zero-order valence-electron chi connectivity index (χ0n) is 11.8. The van der Waals surface area contributed by atoms with E-state index in [1.165, 1.54) is 71.6 Å². The van der Waals surface area contributed by atoms with Crippen LogP contribution in [-0.4, -0.2) is 86.2 Å². The summed E-state index contributed by atoms with van der Waals surface area (Å²) in [7, 11) is 2.25. The average molecular weight is 252 g/mol. The van der Waals surface area contributed by atoms with Crippen LogP contribution >= 0.6 is 0 Å². The standard InChI is InChI=1S/C14H28N4/c1-16-9-11-18(12-10-16)14-4-2-3-13(14)17-7-5-15-6-8-17/h13-15H,2-12H2,1H3/t13-,14+/m0/s1. The molecule has 2 aliphatic heterocycles. The van der Waals surface area contributed by atoms with Gasteiger partial charge in [-0.1, -0.05) is 6.42 Å². The Kier molecular flexibility index (Phi) is 4.19. The predicted molar refractivity (Wildman–Crippen MR) is 74.9 cm³/mol. The molecular weight excluding hydrogens is 224 g/mol. The Morgan fingerprint density at radius 1 is 0.778 bits per heavy atom. The summed E-state index contributed by atoms with van der Waals surface area (Å²) in [6.07, 6.45) is 4.29. The zero-order chi connectivity index (χ0) is 12.4. The van der Waals surface area contributed by atoms with Gasteiger partial charge in [-0.05, 0) is 19.9 Å². The molecular formula is C14H28N4. The monoisotopic (exact) mass is 252 g/mol. The van der Waals surface area contributed by atoms with E-state index in [1.807, 2.05) is 0 Å². The van der Waals surface area contributed by atoms with Crippen molar-refractivity contribution in [2.75, 3.05) is 59.4 Å². The second kappa shape index (κ2) is 5.87. The number of nitrogens with one attached hydrogen (secondary N) is 1. The van der Waals surface area contributed by atoms with Gasteiger partial charge in [0.15, 0.2) is 0 Å². The fraction of sp³-hybridized carbons (Fsp3) is 1.00. The van der Waals surface area contributed by atoms with Crippen LogP contribution in [0.25, 0.3) is 0 Å². The third-order valence-electron chi connectivity index (χ3n) is 5.07. The highest BCUT2D eigenvalue weighted by Crippen LogP contribution is 2.29. The van der Waals surface area contributed by atoms with Crippen molar-refractivity contribution >= 4 is 0 Å². The molecule has 0 aromatic heterocycles. The molecule has 1 saturated carbocycles. The van der Waals surface area contributed by atoms with E-state index in [0.29, 0.717) is 0 Å². The van der Waals surface area contributed by atoms with E-state index in [1.54, 1.807) is 0 Å². The molecule has 0 spiro atoms. The smallest absolute Gasteiger partial charge is 0.0252 e. The minimum Gasteiger partial charge on any atom is -0.314 e. The third kappa shape index (κ3) is 2.72. The van der Waals surface area contributed by atoms with Gasteiger partial charge in [-0.15, -0.1) is 0 Å². The van der Waals surface area contributed by atoms with Crippen molar-refractivity contribution in [1.29, 1.82) is 0 Å². The fourth-order valence-electron chi connectivity index (χ4n) is 3.94. The summed E-state index contributed by atoms with van der Waals surface area (Å²) < 4.78 is 0. The van der Waals surface area contributed by atoms with E-state index < -0.39 is 0 Å². The molecule has 3 rings (SSSR count). The predicted octanol–water partition coefficient (Wildman–Crippen LogP) is 0.0601. The highest BCUT2D eigenvalue weighted by molar-refractivity contribution is 4.94. The molecule has 0 bridgehead atoms. The van der Waals surface area contributed by atoms with Crippen molar-refractivity contribution < 1.29 is 0 Å². The summed E-state index contributed by atoms with van der Waals surface area (Å²) in [5.41, 5.74) is 0. The normalized spacial score (nSPS) is 37.2. The number of rotatable bonds is 2. The molecule has 4 nitrogen and oxygen atoms in total. The lowest BCUT2D eigenvalue weighted by molar-refractivity contribution is 0.0556. The Morgan fingerprint density at radius 3 is 1.94 bits per heavy atom. The van der Waals surface area contributed by atoms with Gasteiger partial charge in [0.1, 0.15) is 0 Å². The minimum absolute atomic E-state index is 0.843. The number of nitrogens with zero attached hydrogens (tertiary/aromatic N) is 3. The van der Waals surface area contributed by atoms with E-state index in [2.05, 4.69) is 27.1 Å².